The molecule has 2 heteroatoms. The van der Waals surface area contributed by atoms with Gasteiger partial charge in [0, 0.05) is 6.54 Å². The molecule has 0 amide bonds. The number of hydrogen-bond donors (Lipinski definition) is 1. The maximum absolute atomic E-state index is 5.56. The third-order valence-electron chi connectivity index (χ3n) is 2.76. The Kier molecular flexibility index (Phi) is 3.34. The molecule has 0 aromatic heterocycles. The lowest BCUT2D eigenvalue weighted by Gasteiger charge is -2.17. The van der Waals surface area contributed by atoms with Crippen LogP contribution < -0.4 is 5.73 Å². The molecule has 1 fully saturated rings. The van der Waals surface area contributed by atoms with Crippen LogP contribution in [0.3, 0.4) is 0 Å². The molecule has 0 saturated heterocycles. The van der Waals surface area contributed by atoms with Gasteiger partial charge in [-0.2, -0.15) is 0 Å². The van der Waals surface area contributed by atoms with Gasteiger partial charge in [-0.15, -0.1) is 0 Å². The summed E-state index contributed by atoms with van der Waals surface area (Å²) in [6.45, 7) is 8.99. The lowest BCUT2D eigenvalue weighted by Crippen LogP contribution is -2.26. The van der Waals surface area contributed by atoms with E-state index < -0.39 is 0 Å². The SMILES string of the molecule is CCN(CC)C[C@H]1C[C@@H]1CN. The Hall–Kier alpha value is -0.0800. The third kappa shape index (κ3) is 2.46. The fraction of sp³-hybridized carbons (Fsp3) is 1.00. The average Bonchev–Trinajstić information content (AvgIpc) is 2.78. The summed E-state index contributed by atoms with van der Waals surface area (Å²) < 4.78 is 0. The van der Waals surface area contributed by atoms with E-state index in [4.69, 9.17) is 5.73 Å². The fourth-order valence-electron chi connectivity index (χ4n) is 1.64. The van der Waals surface area contributed by atoms with Crippen molar-refractivity contribution in [2.75, 3.05) is 26.2 Å². The second-order valence-corrected chi connectivity index (χ2v) is 3.48. The van der Waals surface area contributed by atoms with Crippen LogP contribution >= 0.6 is 0 Å². The highest BCUT2D eigenvalue weighted by Crippen LogP contribution is 2.37. The normalized spacial score (nSPS) is 29.5. The van der Waals surface area contributed by atoms with E-state index in [9.17, 15) is 0 Å². The van der Waals surface area contributed by atoms with Crippen LogP contribution in [0.4, 0.5) is 0 Å². The van der Waals surface area contributed by atoms with Crippen molar-refractivity contribution < 1.29 is 0 Å². The zero-order chi connectivity index (χ0) is 8.27. The summed E-state index contributed by atoms with van der Waals surface area (Å²) in [6.07, 6.45) is 1.37. The highest BCUT2D eigenvalue weighted by atomic mass is 15.1. The maximum Gasteiger partial charge on any atom is 0.00127 e. The highest BCUT2D eigenvalue weighted by Gasteiger charge is 2.35. The van der Waals surface area contributed by atoms with Crippen molar-refractivity contribution in [2.45, 2.75) is 20.3 Å². The van der Waals surface area contributed by atoms with E-state index in [1.165, 1.54) is 26.1 Å². The van der Waals surface area contributed by atoms with E-state index in [1.54, 1.807) is 0 Å². The smallest absolute Gasteiger partial charge is 0.00127 e. The van der Waals surface area contributed by atoms with Gasteiger partial charge >= 0.3 is 0 Å². The van der Waals surface area contributed by atoms with Crippen LogP contribution in [-0.4, -0.2) is 31.1 Å². The summed E-state index contributed by atoms with van der Waals surface area (Å²) in [7, 11) is 0. The molecule has 1 saturated carbocycles. The zero-order valence-electron chi connectivity index (χ0n) is 7.71. The van der Waals surface area contributed by atoms with Crippen LogP contribution in [0.5, 0.6) is 0 Å². The molecule has 0 aromatic carbocycles. The van der Waals surface area contributed by atoms with Crippen molar-refractivity contribution in [1.29, 1.82) is 0 Å². The van der Waals surface area contributed by atoms with Gasteiger partial charge in [-0.1, -0.05) is 13.8 Å². The Morgan fingerprint density at radius 2 is 1.91 bits per heavy atom. The van der Waals surface area contributed by atoms with Gasteiger partial charge in [0.1, 0.15) is 0 Å². The number of rotatable bonds is 5. The van der Waals surface area contributed by atoms with Gasteiger partial charge in [0.15, 0.2) is 0 Å². The highest BCUT2D eigenvalue weighted by molar-refractivity contribution is 4.88. The van der Waals surface area contributed by atoms with Gasteiger partial charge in [-0.3, -0.25) is 0 Å². The average molecular weight is 156 g/mol. The third-order valence-corrected chi connectivity index (χ3v) is 2.76. The van der Waals surface area contributed by atoms with Gasteiger partial charge in [0.25, 0.3) is 0 Å². The molecule has 0 radical (unpaired) electrons. The van der Waals surface area contributed by atoms with Crippen LogP contribution in [0, 0.1) is 11.8 Å². The lowest BCUT2D eigenvalue weighted by atomic mass is 10.3. The summed E-state index contributed by atoms with van der Waals surface area (Å²) in [5.74, 6) is 1.76. The molecule has 1 rings (SSSR count). The largest absolute Gasteiger partial charge is 0.330 e. The van der Waals surface area contributed by atoms with Crippen LogP contribution in [-0.2, 0) is 0 Å². The van der Waals surface area contributed by atoms with Gasteiger partial charge in [-0.25, -0.2) is 0 Å². The maximum atomic E-state index is 5.56. The molecule has 11 heavy (non-hydrogen) atoms. The van der Waals surface area contributed by atoms with Gasteiger partial charge < -0.3 is 10.6 Å². The van der Waals surface area contributed by atoms with Crippen molar-refractivity contribution in [3.63, 3.8) is 0 Å². The first-order valence-electron chi connectivity index (χ1n) is 4.74. The Labute approximate surface area is 69.8 Å². The lowest BCUT2D eigenvalue weighted by molar-refractivity contribution is 0.286. The van der Waals surface area contributed by atoms with Crippen molar-refractivity contribution in [3.8, 4) is 0 Å². The van der Waals surface area contributed by atoms with Crippen molar-refractivity contribution >= 4 is 0 Å². The first-order chi connectivity index (χ1) is 5.31. The van der Waals surface area contributed by atoms with Gasteiger partial charge in [0.2, 0.25) is 0 Å². The molecule has 0 aliphatic heterocycles. The molecule has 2 atom stereocenters. The molecule has 2 nitrogen and oxygen atoms in total. The van der Waals surface area contributed by atoms with E-state index in [1.807, 2.05) is 0 Å². The van der Waals surface area contributed by atoms with E-state index in [0.717, 1.165) is 18.4 Å². The van der Waals surface area contributed by atoms with Crippen molar-refractivity contribution in [3.05, 3.63) is 0 Å². The molecule has 0 heterocycles. The zero-order valence-corrected chi connectivity index (χ0v) is 7.71. The molecular formula is C9H20N2. The molecule has 1 aliphatic rings. The summed E-state index contributed by atoms with van der Waals surface area (Å²) in [5, 5.41) is 0. The molecule has 66 valence electrons. The Bertz CT molecular complexity index is 110. The molecule has 0 spiro atoms. The second kappa shape index (κ2) is 4.07. The fourth-order valence-corrected chi connectivity index (χ4v) is 1.64. The number of nitrogens with two attached hydrogens (primary N) is 1. The molecule has 0 aromatic rings. The molecule has 0 unspecified atom stereocenters. The predicted molar refractivity (Wildman–Crippen MR) is 48.4 cm³/mol. The molecule has 1 aliphatic carbocycles. The van der Waals surface area contributed by atoms with Crippen LogP contribution in [0.1, 0.15) is 20.3 Å². The molecule has 0 bridgehead atoms. The molecule has 2 N–H and O–H groups in total. The Balaban J connectivity index is 2.11. The number of nitrogens with zero attached hydrogens (tertiary/aromatic N) is 1. The van der Waals surface area contributed by atoms with Crippen molar-refractivity contribution in [1.82, 2.24) is 4.90 Å². The van der Waals surface area contributed by atoms with Crippen LogP contribution in [0.2, 0.25) is 0 Å². The standard InChI is InChI=1S/C9H20N2/c1-3-11(4-2)7-9-5-8(9)6-10/h8-9H,3-7,10H2,1-2H3/t8-,9-/m1/s1. The second-order valence-electron chi connectivity index (χ2n) is 3.48. The van der Waals surface area contributed by atoms with Crippen LogP contribution in [0.15, 0.2) is 0 Å². The Morgan fingerprint density at radius 1 is 1.27 bits per heavy atom. The predicted octanol–water partition coefficient (Wildman–Crippen LogP) is 0.923. The van der Waals surface area contributed by atoms with E-state index >= 15 is 0 Å². The minimum absolute atomic E-state index is 0.843. The van der Waals surface area contributed by atoms with Crippen molar-refractivity contribution in [2.24, 2.45) is 17.6 Å². The first-order valence-corrected chi connectivity index (χ1v) is 4.74. The molecular weight excluding hydrogens is 136 g/mol. The minimum Gasteiger partial charge on any atom is -0.330 e. The van der Waals surface area contributed by atoms with E-state index in [2.05, 4.69) is 18.7 Å². The van der Waals surface area contributed by atoms with Crippen LogP contribution in [0.25, 0.3) is 0 Å². The summed E-state index contributed by atoms with van der Waals surface area (Å²) in [5.41, 5.74) is 5.56. The summed E-state index contributed by atoms with van der Waals surface area (Å²) >= 11 is 0. The van der Waals surface area contributed by atoms with E-state index in [0.29, 0.717) is 0 Å². The van der Waals surface area contributed by atoms with Gasteiger partial charge in [-0.05, 0) is 37.9 Å². The first kappa shape index (κ1) is 9.01. The van der Waals surface area contributed by atoms with Gasteiger partial charge in [0.05, 0.1) is 0 Å². The topological polar surface area (TPSA) is 29.3 Å². The Morgan fingerprint density at radius 3 is 2.27 bits per heavy atom. The number of hydrogen-bond acceptors (Lipinski definition) is 2. The quantitative estimate of drug-likeness (QED) is 0.641. The summed E-state index contributed by atoms with van der Waals surface area (Å²) in [4.78, 5) is 2.49. The van der Waals surface area contributed by atoms with E-state index in [-0.39, 0.29) is 0 Å². The monoisotopic (exact) mass is 156 g/mol. The minimum atomic E-state index is 0.843. The summed E-state index contributed by atoms with van der Waals surface area (Å²) in [6, 6.07) is 0.